The minimum atomic E-state index is -0.404. The third-order valence-corrected chi connectivity index (χ3v) is 1.62. The first-order valence-corrected chi connectivity index (χ1v) is 3.56. The summed E-state index contributed by atoms with van der Waals surface area (Å²) in [5, 5.41) is 0. The van der Waals surface area contributed by atoms with Crippen LogP contribution in [0.15, 0.2) is 15.2 Å². The Morgan fingerprint density at radius 3 is 2.40 bits per heavy atom. The Balaban J connectivity index is 2.96. The molecule has 0 aromatic rings. The van der Waals surface area contributed by atoms with Crippen molar-refractivity contribution in [1.82, 2.24) is 0 Å². The van der Waals surface area contributed by atoms with Gasteiger partial charge in [0.25, 0.3) is 0 Å². The fourth-order valence-electron chi connectivity index (χ4n) is 0.689. The standard InChI is InChI=1S/C6H7Cl2NO/c1-6(2)4(5(7)8)10-3-9-6/h3H,1-2H3. The van der Waals surface area contributed by atoms with Crippen molar-refractivity contribution in [2.45, 2.75) is 19.4 Å². The van der Waals surface area contributed by atoms with E-state index in [9.17, 15) is 0 Å². The SMILES string of the molecule is CC1(C)N=COC1=C(Cl)Cl. The molecule has 0 saturated heterocycles. The van der Waals surface area contributed by atoms with Crippen molar-refractivity contribution in [2.24, 2.45) is 4.99 Å². The minimum absolute atomic E-state index is 0.141. The molecule has 10 heavy (non-hydrogen) atoms. The number of halogens is 2. The lowest BCUT2D eigenvalue weighted by molar-refractivity contribution is 0.390. The van der Waals surface area contributed by atoms with Crippen LogP contribution in [-0.4, -0.2) is 11.9 Å². The van der Waals surface area contributed by atoms with Gasteiger partial charge < -0.3 is 4.74 Å². The number of ether oxygens (including phenoxy) is 1. The molecule has 0 spiro atoms. The maximum Gasteiger partial charge on any atom is 0.177 e. The van der Waals surface area contributed by atoms with Gasteiger partial charge in [-0.2, -0.15) is 0 Å². The summed E-state index contributed by atoms with van der Waals surface area (Å²) in [6, 6.07) is 0. The Kier molecular flexibility index (Phi) is 1.92. The molecule has 0 aromatic carbocycles. The van der Waals surface area contributed by atoms with E-state index in [4.69, 9.17) is 27.9 Å². The van der Waals surface area contributed by atoms with Crippen molar-refractivity contribution in [1.29, 1.82) is 0 Å². The molecule has 1 aliphatic rings. The average Bonchev–Trinajstić information content (AvgIpc) is 2.08. The molecular formula is C6H7Cl2NO. The Labute approximate surface area is 69.5 Å². The first-order chi connectivity index (χ1) is 4.54. The molecule has 56 valence electrons. The molecule has 0 radical (unpaired) electrons. The molecule has 1 heterocycles. The van der Waals surface area contributed by atoms with E-state index >= 15 is 0 Å². The molecule has 0 amide bonds. The maximum atomic E-state index is 5.51. The molecule has 0 fully saturated rings. The monoisotopic (exact) mass is 179 g/mol. The van der Waals surface area contributed by atoms with Crippen LogP contribution in [0, 0.1) is 0 Å². The summed E-state index contributed by atoms with van der Waals surface area (Å²) in [5.74, 6) is 0.510. The van der Waals surface area contributed by atoms with Crippen LogP contribution < -0.4 is 0 Å². The van der Waals surface area contributed by atoms with Crippen molar-refractivity contribution in [3.8, 4) is 0 Å². The third kappa shape index (κ3) is 1.27. The highest BCUT2D eigenvalue weighted by Crippen LogP contribution is 2.31. The zero-order valence-corrected chi connectivity index (χ0v) is 7.20. The van der Waals surface area contributed by atoms with Crippen LogP contribution in [-0.2, 0) is 4.74 Å². The zero-order chi connectivity index (χ0) is 7.78. The molecule has 1 rings (SSSR count). The van der Waals surface area contributed by atoms with E-state index in [0.717, 1.165) is 0 Å². The molecule has 0 aliphatic carbocycles. The molecule has 0 saturated carbocycles. The van der Waals surface area contributed by atoms with Crippen LogP contribution in [0.1, 0.15) is 13.8 Å². The highest BCUT2D eigenvalue weighted by atomic mass is 35.5. The molecule has 0 N–H and O–H groups in total. The Hall–Kier alpha value is -0.210. The second kappa shape index (κ2) is 2.44. The smallest absolute Gasteiger partial charge is 0.177 e. The van der Waals surface area contributed by atoms with Crippen molar-refractivity contribution in [3.63, 3.8) is 0 Å². The van der Waals surface area contributed by atoms with E-state index in [1.807, 2.05) is 13.8 Å². The molecule has 2 nitrogen and oxygen atoms in total. The van der Waals surface area contributed by atoms with Crippen LogP contribution in [0.4, 0.5) is 0 Å². The van der Waals surface area contributed by atoms with E-state index in [1.165, 1.54) is 6.40 Å². The van der Waals surface area contributed by atoms with Gasteiger partial charge >= 0.3 is 0 Å². The summed E-state index contributed by atoms with van der Waals surface area (Å²) in [4.78, 5) is 4.00. The van der Waals surface area contributed by atoms with Crippen LogP contribution in [0.25, 0.3) is 0 Å². The number of aliphatic imine (C=N–C) groups is 1. The number of hydrogen-bond donors (Lipinski definition) is 0. The van der Waals surface area contributed by atoms with Gasteiger partial charge in [-0.25, -0.2) is 4.99 Å². The van der Waals surface area contributed by atoms with Crippen molar-refractivity contribution >= 4 is 29.6 Å². The molecule has 4 heteroatoms. The topological polar surface area (TPSA) is 21.6 Å². The first kappa shape index (κ1) is 7.89. The van der Waals surface area contributed by atoms with Gasteiger partial charge in [-0.3, -0.25) is 0 Å². The fraction of sp³-hybridized carbons (Fsp3) is 0.500. The second-order valence-corrected chi connectivity index (χ2v) is 3.45. The van der Waals surface area contributed by atoms with E-state index in [2.05, 4.69) is 4.99 Å². The highest BCUT2D eigenvalue weighted by molar-refractivity contribution is 6.56. The summed E-state index contributed by atoms with van der Waals surface area (Å²) in [6.45, 7) is 3.74. The molecule has 0 aromatic heterocycles. The van der Waals surface area contributed by atoms with Crippen LogP contribution >= 0.6 is 23.2 Å². The van der Waals surface area contributed by atoms with Gasteiger partial charge in [-0.15, -0.1) is 0 Å². The quantitative estimate of drug-likeness (QED) is 0.561. The molecular weight excluding hydrogens is 173 g/mol. The van der Waals surface area contributed by atoms with Crippen LogP contribution in [0.5, 0.6) is 0 Å². The minimum Gasteiger partial charge on any atom is -0.445 e. The Bertz CT molecular complexity index is 204. The lowest BCUT2D eigenvalue weighted by atomic mass is 10.1. The molecule has 1 aliphatic heterocycles. The first-order valence-electron chi connectivity index (χ1n) is 2.80. The molecule has 0 atom stereocenters. The summed E-state index contributed by atoms with van der Waals surface area (Å²) < 4.78 is 5.09. The Morgan fingerprint density at radius 2 is 2.20 bits per heavy atom. The summed E-state index contributed by atoms with van der Waals surface area (Å²) in [6.07, 6.45) is 1.35. The summed E-state index contributed by atoms with van der Waals surface area (Å²) in [7, 11) is 0. The third-order valence-electron chi connectivity index (χ3n) is 1.27. The zero-order valence-electron chi connectivity index (χ0n) is 5.69. The van der Waals surface area contributed by atoms with Gasteiger partial charge in [0.2, 0.25) is 0 Å². The Morgan fingerprint density at radius 1 is 1.60 bits per heavy atom. The number of rotatable bonds is 0. The second-order valence-electron chi connectivity index (χ2n) is 2.50. The highest BCUT2D eigenvalue weighted by Gasteiger charge is 2.30. The number of hydrogen-bond acceptors (Lipinski definition) is 2. The van der Waals surface area contributed by atoms with Crippen molar-refractivity contribution in [2.75, 3.05) is 0 Å². The van der Waals surface area contributed by atoms with Gasteiger partial charge in [-0.05, 0) is 13.8 Å². The molecule has 0 unspecified atom stereocenters. The summed E-state index contributed by atoms with van der Waals surface area (Å²) in [5.41, 5.74) is -0.404. The van der Waals surface area contributed by atoms with Gasteiger partial charge in [-0.1, -0.05) is 23.2 Å². The fourth-order valence-corrected chi connectivity index (χ4v) is 1.24. The van der Waals surface area contributed by atoms with E-state index < -0.39 is 5.54 Å². The van der Waals surface area contributed by atoms with Gasteiger partial charge in [0.15, 0.2) is 12.2 Å². The van der Waals surface area contributed by atoms with E-state index in [-0.39, 0.29) is 4.49 Å². The molecule has 0 bridgehead atoms. The normalized spacial score (nSPS) is 21.0. The number of nitrogens with zero attached hydrogens (tertiary/aromatic N) is 1. The van der Waals surface area contributed by atoms with Gasteiger partial charge in [0.1, 0.15) is 10.0 Å². The summed E-state index contributed by atoms with van der Waals surface area (Å²) >= 11 is 11.0. The predicted octanol–water partition coefficient (Wildman–Crippen LogP) is 2.47. The van der Waals surface area contributed by atoms with E-state index in [0.29, 0.717) is 5.76 Å². The maximum absolute atomic E-state index is 5.51. The van der Waals surface area contributed by atoms with Gasteiger partial charge in [0.05, 0.1) is 0 Å². The van der Waals surface area contributed by atoms with Gasteiger partial charge in [0, 0.05) is 0 Å². The van der Waals surface area contributed by atoms with E-state index in [1.54, 1.807) is 0 Å². The largest absolute Gasteiger partial charge is 0.445 e. The lowest BCUT2D eigenvalue weighted by Crippen LogP contribution is -2.16. The predicted molar refractivity (Wildman–Crippen MR) is 42.4 cm³/mol. The van der Waals surface area contributed by atoms with Crippen LogP contribution in [0.2, 0.25) is 0 Å². The van der Waals surface area contributed by atoms with Crippen molar-refractivity contribution in [3.05, 3.63) is 10.3 Å². The lowest BCUT2D eigenvalue weighted by Gasteiger charge is -2.13. The average molecular weight is 180 g/mol. The van der Waals surface area contributed by atoms with Crippen LogP contribution in [0.3, 0.4) is 0 Å². The van der Waals surface area contributed by atoms with Crippen molar-refractivity contribution < 1.29 is 4.74 Å².